The van der Waals surface area contributed by atoms with Gasteiger partial charge in [0.1, 0.15) is 5.75 Å². The molecule has 3 rings (SSSR count). The largest absolute Gasteiger partial charge is 0.497 e. The summed E-state index contributed by atoms with van der Waals surface area (Å²) in [5, 5.41) is 15.8. The Kier molecular flexibility index (Phi) is 9.55. The second kappa shape index (κ2) is 12.6. The molecule has 0 saturated heterocycles. The van der Waals surface area contributed by atoms with Gasteiger partial charge in [-0.25, -0.2) is 0 Å². The summed E-state index contributed by atoms with van der Waals surface area (Å²) in [5.41, 5.74) is 2.10. The van der Waals surface area contributed by atoms with E-state index in [0.29, 0.717) is 39.5 Å². The van der Waals surface area contributed by atoms with Gasteiger partial charge in [-0.3, -0.25) is 9.59 Å². The highest BCUT2D eigenvalue weighted by Crippen LogP contribution is 2.26. The first kappa shape index (κ1) is 27.3. The predicted octanol–water partition coefficient (Wildman–Crippen LogP) is 5.29. The highest BCUT2D eigenvalue weighted by Gasteiger charge is 2.26. The summed E-state index contributed by atoms with van der Waals surface area (Å²) in [6.45, 7) is 10.2. The molecule has 0 unspecified atom stereocenters. The van der Waals surface area contributed by atoms with Crippen LogP contribution in [0.25, 0.3) is 0 Å². The number of halogens is 1. The molecule has 2 amide bonds. The van der Waals surface area contributed by atoms with Gasteiger partial charge in [-0.05, 0) is 60.9 Å². The fourth-order valence-electron chi connectivity index (χ4n) is 3.52. The number of aryl methyl sites for hydroxylation is 1. The maximum atomic E-state index is 12.9. The van der Waals surface area contributed by atoms with Crippen molar-refractivity contribution >= 4 is 40.9 Å². The number of benzene rings is 2. The Labute approximate surface area is 220 Å². The molecule has 2 N–H and O–H groups in total. The van der Waals surface area contributed by atoms with Crippen LogP contribution in [-0.2, 0) is 11.3 Å². The number of carbonyl (C=O) groups is 2. The molecule has 0 spiro atoms. The summed E-state index contributed by atoms with van der Waals surface area (Å²) in [4.78, 5) is 25.5. The molecule has 0 saturated carbocycles. The molecule has 0 aliphatic heterocycles. The lowest BCUT2D eigenvalue weighted by Crippen LogP contribution is -2.33. The van der Waals surface area contributed by atoms with Crippen molar-refractivity contribution in [2.75, 3.05) is 18.2 Å². The third-order valence-electron chi connectivity index (χ3n) is 5.44. The molecule has 10 heteroatoms. The first-order valence-corrected chi connectivity index (χ1v) is 12.8. The van der Waals surface area contributed by atoms with Gasteiger partial charge >= 0.3 is 0 Å². The topological polar surface area (TPSA) is 98.1 Å². The molecule has 8 nitrogen and oxygen atoms in total. The average Bonchev–Trinajstić information content (AvgIpc) is 3.25. The molecule has 0 aliphatic carbocycles. The van der Waals surface area contributed by atoms with Crippen LogP contribution in [0.3, 0.4) is 0 Å². The third-order valence-corrected chi connectivity index (χ3v) is 6.64. The molecule has 1 aromatic heterocycles. The van der Waals surface area contributed by atoms with E-state index in [1.165, 1.54) is 11.8 Å². The number of nitrogens with one attached hydrogen (secondary N) is 2. The van der Waals surface area contributed by atoms with Crippen LogP contribution in [0.1, 0.15) is 41.6 Å². The SMILES string of the molecule is C=CCn1c(SCC(=O)Nc2ccc(Cl)cc2C)nnc1[C@@H](NC(=O)c1ccc(OC)cc1)C(C)C. The molecule has 3 aromatic rings. The Hall–Kier alpha value is -3.30. The molecular weight excluding hydrogens is 498 g/mol. The lowest BCUT2D eigenvalue weighted by Gasteiger charge is -2.22. The Morgan fingerprint density at radius 3 is 2.53 bits per heavy atom. The highest BCUT2D eigenvalue weighted by atomic mass is 35.5. The van der Waals surface area contributed by atoms with Crippen LogP contribution in [0.15, 0.2) is 60.3 Å². The number of hydrogen-bond donors (Lipinski definition) is 2. The highest BCUT2D eigenvalue weighted by molar-refractivity contribution is 7.99. The van der Waals surface area contributed by atoms with E-state index in [1.54, 1.807) is 55.7 Å². The monoisotopic (exact) mass is 527 g/mol. The van der Waals surface area contributed by atoms with Crippen LogP contribution >= 0.6 is 23.4 Å². The zero-order valence-electron chi connectivity index (χ0n) is 20.7. The molecule has 0 radical (unpaired) electrons. The van der Waals surface area contributed by atoms with E-state index < -0.39 is 6.04 Å². The van der Waals surface area contributed by atoms with Gasteiger partial charge in [0.25, 0.3) is 5.91 Å². The van der Waals surface area contributed by atoms with Gasteiger partial charge in [0.15, 0.2) is 11.0 Å². The van der Waals surface area contributed by atoms with Crippen LogP contribution in [-0.4, -0.2) is 39.4 Å². The summed E-state index contributed by atoms with van der Waals surface area (Å²) < 4.78 is 7.04. The Morgan fingerprint density at radius 2 is 1.92 bits per heavy atom. The number of aromatic nitrogens is 3. The van der Waals surface area contributed by atoms with Gasteiger partial charge in [-0.2, -0.15) is 0 Å². The Morgan fingerprint density at radius 1 is 1.19 bits per heavy atom. The van der Waals surface area contributed by atoms with Gasteiger partial charge in [0.05, 0.1) is 18.9 Å². The van der Waals surface area contributed by atoms with Crippen molar-refractivity contribution in [1.29, 1.82) is 0 Å². The molecule has 0 fully saturated rings. The molecule has 0 aliphatic rings. The number of allylic oxidation sites excluding steroid dienone is 1. The molecule has 2 aromatic carbocycles. The second-order valence-electron chi connectivity index (χ2n) is 8.46. The maximum Gasteiger partial charge on any atom is 0.251 e. The number of methoxy groups -OCH3 is 1. The summed E-state index contributed by atoms with van der Waals surface area (Å²) in [5.74, 6) is 1.05. The van der Waals surface area contributed by atoms with E-state index >= 15 is 0 Å². The van der Waals surface area contributed by atoms with E-state index in [9.17, 15) is 9.59 Å². The van der Waals surface area contributed by atoms with Crippen molar-refractivity contribution in [2.45, 2.75) is 38.5 Å². The van der Waals surface area contributed by atoms with Crippen molar-refractivity contribution in [2.24, 2.45) is 5.92 Å². The standard InChI is InChI=1S/C26H30ClN5O3S/c1-6-13-32-24(23(16(2)3)29-25(34)18-7-10-20(35-5)11-8-18)30-31-26(32)36-15-22(33)28-21-12-9-19(27)14-17(21)4/h6-12,14,16,23H,1,13,15H2,2-5H3,(H,28,33)(H,29,34)/t23-/m0/s1. The molecule has 1 atom stereocenters. The normalized spacial score (nSPS) is 11.7. The third kappa shape index (κ3) is 6.89. The van der Waals surface area contributed by atoms with E-state index in [4.69, 9.17) is 16.3 Å². The molecule has 36 heavy (non-hydrogen) atoms. The number of anilines is 1. The van der Waals surface area contributed by atoms with Crippen LogP contribution < -0.4 is 15.4 Å². The molecule has 190 valence electrons. The zero-order valence-corrected chi connectivity index (χ0v) is 22.3. The maximum absolute atomic E-state index is 12.9. The van der Waals surface area contributed by atoms with Gasteiger partial charge in [0.2, 0.25) is 5.91 Å². The van der Waals surface area contributed by atoms with Crippen molar-refractivity contribution in [3.8, 4) is 5.75 Å². The van der Waals surface area contributed by atoms with Gasteiger partial charge in [-0.1, -0.05) is 43.3 Å². The van der Waals surface area contributed by atoms with Crippen molar-refractivity contribution in [1.82, 2.24) is 20.1 Å². The van der Waals surface area contributed by atoms with Crippen molar-refractivity contribution in [3.63, 3.8) is 0 Å². The number of amides is 2. The minimum Gasteiger partial charge on any atom is -0.497 e. The van der Waals surface area contributed by atoms with Crippen LogP contribution in [0, 0.1) is 12.8 Å². The zero-order chi connectivity index (χ0) is 26.2. The first-order valence-electron chi connectivity index (χ1n) is 11.4. The summed E-state index contributed by atoms with van der Waals surface area (Å²) in [7, 11) is 1.58. The fourth-order valence-corrected chi connectivity index (χ4v) is 4.50. The average molecular weight is 528 g/mol. The lowest BCUT2D eigenvalue weighted by molar-refractivity contribution is -0.113. The first-order chi connectivity index (χ1) is 17.2. The number of carbonyl (C=O) groups excluding carboxylic acids is 2. The lowest BCUT2D eigenvalue weighted by atomic mass is 10.0. The quantitative estimate of drug-likeness (QED) is 0.259. The molecular formula is C26H30ClN5O3S. The number of ether oxygens (including phenoxy) is 1. The van der Waals surface area contributed by atoms with Gasteiger partial charge < -0.3 is 19.9 Å². The second-order valence-corrected chi connectivity index (χ2v) is 9.84. The number of rotatable bonds is 11. The number of hydrogen-bond acceptors (Lipinski definition) is 6. The molecule has 0 bridgehead atoms. The van der Waals surface area contributed by atoms with Crippen molar-refractivity contribution < 1.29 is 14.3 Å². The van der Waals surface area contributed by atoms with E-state index in [0.717, 1.165) is 5.56 Å². The summed E-state index contributed by atoms with van der Waals surface area (Å²) >= 11 is 7.27. The number of nitrogens with zero attached hydrogens (tertiary/aromatic N) is 3. The van der Waals surface area contributed by atoms with E-state index in [1.807, 2.05) is 25.3 Å². The van der Waals surface area contributed by atoms with E-state index in [-0.39, 0.29) is 23.5 Å². The van der Waals surface area contributed by atoms with Crippen LogP contribution in [0.5, 0.6) is 5.75 Å². The Bertz CT molecular complexity index is 1230. The Balaban J connectivity index is 1.74. The van der Waals surface area contributed by atoms with Gasteiger partial charge in [-0.15, -0.1) is 16.8 Å². The number of thioether (sulfide) groups is 1. The minimum atomic E-state index is -0.396. The van der Waals surface area contributed by atoms with Crippen LogP contribution in [0.2, 0.25) is 5.02 Å². The van der Waals surface area contributed by atoms with Crippen LogP contribution in [0.4, 0.5) is 5.69 Å². The summed E-state index contributed by atoms with van der Waals surface area (Å²) in [6, 6.07) is 11.8. The fraction of sp³-hybridized carbons (Fsp3) is 0.308. The van der Waals surface area contributed by atoms with Crippen molar-refractivity contribution in [3.05, 3.63) is 77.1 Å². The smallest absolute Gasteiger partial charge is 0.251 e. The minimum absolute atomic E-state index is 0.0361. The predicted molar refractivity (Wildman–Crippen MR) is 144 cm³/mol. The summed E-state index contributed by atoms with van der Waals surface area (Å²) in [6.07, 6.45) is 1.73. The van der Waals surface area contributed by atoms with E-state index in [2.05, 4.69) is 27.4 Å². The molecule has 1 heterocycles. The van der Waals surface area contributed by atoms with Gasteiger partial charge in [0, 0.05) is 22.8 Å².